The van der Waals surface area contributed by atoms with Crippen LogP contribution in [0.1, 0.15) is 32.6 Å². The number of ether oxygens (including phenoxy) is 2. The van der Waals surface area contributed by atoms with Crippen molar-refractivity contribution in [2.75, 3.05) is 13.3 Å². The van der Waals surface area contributed by atoms with Gasteiger partial charge in [0, 0.05) is 17.6 Å². The van der Waals surface area contributed by atoms with Gasteiger partial charge in [-0.2, -0.15) is 0 Å². The molecule has 0 aliphatic carbocycles. The number of carbonyl (C=O) groups is 1. The number of hydrogen-bond acceptors (Lipinski definition) is 4. The number of rotatable bonds is 4. The molecule has 6 heteroatoms. The zero-order chi connectivity index (χ0) is 22.2. The molecule has 32 heavy (non-hydrogen) atoms. The number of ketones is 1. The number of benzene rings is 3. The fourth-order valence-corrected chi connectivity index (χ4v) is 4.52. The van der Waals surface area contributed by atoms with Crippen LogP contribution in [-0.2, 0) is 13.0 Å². The van der Waals surface area contributed by atoms with Gasteiger partial charge in [-0.3, -0.25) is 9.69 Å². The molecule has 0 N–H and O–H groups in total. The maximum absolute atomic E-state index is 13.1. The average Bonchev–Trinajstić information content (AvgIpc) is 3.10. The Labute approximate surface area is 194 Å². The number of allylic oxidation sites excluding steroid dienone is 1. The summed E-state index contributed by atoms with van der Waals surface area (Å²) in [4.78, 5) is 15.3. The molecule has 5 rings (SSSR count). The fraction of sp³-hybridized carbons (Fsp3) is 0.192. The zero-order valence-corrected chi connectivity index (χ0v) is 19.1. The first-order chi connectivity index (χ1) is 15.5. The van der Waals surface area contributed by atoms with Gasteiger partial charge in [0.05, 0.1) is 11.1 Å². The van der Waals surface area contributed by atoms with Crippen LogP contribution >= 0.6 is 15.9 Å². The van der Waals surface area contributed by atoms with E-state index in [1.165, 1.54) is 12.1 Å². The van der Waals surface area contributed by atoms with E-state index in [0.717, 1.165) is 45.4 Å². The first-order valence-corrected chi connectivity index (χ1v) is 11.2. The van der Waals surface area contributed by atoms with Crippen LogP contribution in [0.4, 0.5) is 4.39 Å². The molecule has 0 saturated heterocycles. The average molecular weight is 494 g/mol. The van der Waals surface area contributed by atoms with Gasteiger partial charge in [-0.1, -0.05) is 40.2 Å². The summed E-state index contributed by atoms with van der Waals surface area (Å²) in [7, 11) is 0. The van der Waals surface area contributed by atoms with Gasteiger partial charge in [0.25, 0.3) is 0 Å². The summed E-state index contributed by atoms with van der Waals surface area (Å²) in [5.74, 6) is 1.33. The number of Topliss-reactive ketones (excluding diaryl/α,β-unsaturated/α-hetero) is 1. The van der Waals surface area contributed by atoms with E-state index in [0.29, 0.717) is 30.3 Å². The lowest BCUT2D eigenvalue weighted by atomic mass is 9.98. The van der Waals surface area contributed by atoms with Crippen LogP contribution in [-0.4, -0.2) is 24.0 Å². The Bertz CT molecular complexity index is 1240. The summed E-state index contributed by atoms with van der Waals surface area (Å²) in [6, 6.07) is 16.2. The van der Waals surface area contributed by atoms with Crippen molar-refractivity contribution < 1.29 is 18.7 Å². The van der Waals surface area contributed by atoms with E-state index in [-0.39, 0.29) is 11.6 Å². The van der Waals surface area contributed by atoms with Gasteiger partial charge in [0.15, 0.2) is 5.76 Å². The van der Waals surface area contributed by atoms with Crippen LogP contribution in [0.5, 0.6) is 11.5 Å². The molecular formula is C26H21BrFNO3. The quantitative estimate of drug-likeness (QED) is 0.423. The lowest BCUT2D eigenvalue weighted by Gasteiger charge is -2.30. The molecule has 0 spiro atoms. The maximum atomic E-state index is 13.1. The van der Waals surface area contributed by atoms with E-state index in [1.807, 2.05) is 37.3 Å². The van der Waals surface area contributed by atoms with Crippen molar-refractivity contribution >= 4 is 27.8 Å². The summed E-state index contributed by atoms with van der Waals surface area (Å²) in [5.41, 5.74) is 4.30. The molecule has 0 fully saturated rings. The number of hydrogen-bond donors (Lipinski definition) is 0. The fourth-order valence-electron chi connectivity index (χ4n) is 4.11. The minimum Gasteiger partial charge on any atom is -0.478 e. The zero-order valence-electron chi connectivity index (χ0n) is 17.5. The number of aryl methyl sites for hydroxylation is 1. The van der Waals surface area contributed by atoms with Crippen molar-refractivity contribution in [2.45, 2.75) is 19.9 Å². The number of halogens is 2. The molecule has 0 bridgehead atoms. The number of fused-ring (bicyclic) bond motifs is 3. The second-order valence-electron chi connectivity index (χ2n) is 8.07. The van der Waals surface area contributed by atoms with Gasteiger partial charge in [0.1, 0.15) is 24.0 Å². The Morgan fingerprint density at radius 3 is 2.75 bits per heavy atom. The Balaban J connectivity index is 1.39. The molecule has 0 atom stereocenters. The summed E-state index contributed by atoms with van der Waals surface area (Å²) >= 11 is 3.46. The van der Waals surface area contributed by atoms with Crippen LogP contribution in [0.25, 0.3) is 6.08 Å². The monoisotopic (exact) mass is 493 g/mol. The molecule has 4 nitrogen and oxygen atoms in total. The lowest BCUT2D eigenvalue weighted by molar-refractivity contribution is 0.0949. The first kappa shape index (κ1) is 20.9. The second-order valence-corrected chi connectivity index (χ2v) is 8.99. The molecule has 0 amide bonds. The molecule has 0 saturated carbocycles. The standard InChI is InChI=1S/C26H21BrFNO3/c1-16-11-22-21(14-29(15-31-22)10-9-17-5-7-20(28)8-6-17)26-24(16)25(30)23(32-26)13-18-3-2-4-19(27)12-18/h2-8,11-13H,9-10,14-15H2,1H3/b23-13+. The molecule has 2 aliphatic rings. The van der Waals surface area contributed by atoms with Gasteiger partial charge < -0.3 is 9.47 Å². The van der Waals surface area contributed by atoms with Crippen molar-refractivity contribution in [1.29, 1.82) is 0 Å². The second kappa shape index (κ2) is 8.52. The Hall–Kier alpha value is -2.96. The molecule has 0 aromatic heterocycles. The lowest BCUT2D eigenvalue weighted by Crippen LogP contribution is -2.33. The largest absolute Gasteiger partial charge is 0.478 e. The van der Waals surface area contributed by atoms with Crippen LogP contribution in [0, 0.1) is 12.7 Å². The van der Waals surface area contributed by atoms with E-state index in [1.54, 1.807) is 18.2 Å². The van der Waals surface area contributed by atoms with Crippen LogP contribution in [0.2, 0.25) is 0 Å². The molecule has 2 heterocycles. The van der Waals surface area contributed by atoms with Gasteiger partial charge >= 0.3 is 0 Å². The molecular weight excluding hydrogens is 473 g/mol. The minimum atomic E-state index is -0.233. The van der Waals surface area contributed by atoms with E-state index in [4.69, 9.17) is 9.47 Å². The molecule has 162 valence electrons. The van der Waals surface area contributed by atoms with Crippen molar-refractivity contribution in [2.24, 2.45) is 0 Å². The van der Waals surface area contributed by atoms with Gasteiger partial charge in [-0.05, 0) is 66.4 Å². The molecule has 0 unspecified atom stereocenters. The van der Waals surface area contributed by atoms with Crippen molar-refractivity contribution in [1.82, 2.24) is 4.90 Å². The highest BCUT2D eigenvalue weighted by molar-refractivity contribution is 9.10. The van der Waals surface area contributed by atoms with Crippen LogP contribution < -0.4 is 9.47 Å². The van der Waals surface area contributed by atoms with E-state index in [2.05, 4.69) is 20.8 Å². The number of nitrogens with zero attached hydrogens (tertiary/aromatic N) is 1. The maximum Gasteiger partial charge on any atom is 0.232 e. The third kappa shape index (κ3) is 4.08. The SMILES string of the molecule is Cc1cc2c(c3c1C(=O)/C(=C\c1cccc(Br)c1)O3)CN(CCc1ccc(F)cc1)CO2. The smallest absolute Gasteiger partial charge is 0.232 e. The third-order valence-electron chi connectivity index (χ3n) is 5.76. The third-order valence-corrected chi connectivity index (χ3v) is 6.26. The summed E-state index contributed by atoms with van der Waals surface area (Å²) < 4.78 is 26.2. The Morgan fingerprint density at radius 2 is 1.97 bits per heavy atom. The predicted octanol–water partition coefficient (Wildman–Crippen LogP) is 5.91. The molecule has 0 radical (unpaired) electrons. The minimum absolute atomic E-state index is 0.108. The Morgan fingerprint density at radius 1 is 1.16 bits per heavy atom. The van der Waals surface area contributed by atoms with Crippen molar-refractivity contribution in [3.05, 3.63) is 98.5 Å². The van der Waals surface area contributed by atoms with Gasteiger partial charge in [-0.25, -0.2) is 4.39 Å². The highest BCUT2D eigenvalue weighted by atomic mass is 79.9. The molecule has 3 aromatic carbocycles. The highest BCUT2D eigenvalue weighted by Gasteiger charge is 2.35. The predicted molar refractivity (Wildman–Crippen MR) is 124 cm³/mol. The number of carbonyl (C=O) groups excluding carboxylic acids is 1. The summed E-state index contributed by atoms with van der Waals surface area (Å²) in [5, 5.41) is 0. The van der Waals surface area contributed by atoms with Crippen molar-refractivity contribution in [3.63, 3.8) is 0 Å². The van der Waals surface area contributed by atoms with E-state index < -0.39 is 0 Å². The first-order valence-electron chi connectivity index (χ1n) is 10.4. The molecule has 2 aliphatic heterocycles. The summed E-state index contributed by atoms with van der Waals surface area (Å²) in [6.45, 7) is 3.74. The van der Waals surface area contributed by atoms with Crippen LogP contribution in [0.3, 0.4) is 0 Å². The highest BCUT2D eigenvalue weighted by Crippen LogP contribution is 2.44. The van der Waals surface area contributed by atoms with E-state index >= 15 is 0 Å². The summed E-state index contributed by atoms with van der Waals surface area (Å²) in [6.07, 6.45) is 2.55. The van der Waals surface area contributed by atoms with E-state index in [9.17, 15) is 9.18 Å². The normalized spacial score (nSPS) is 16.5. The molecule has 3 aromatic rings. The van der Waals surface area contributed by atoms with Gasteiger partial charge in [-0.15, -0.1) is 0 Å². The van der Waals surface area contributed by atoms with Gasteiger partial charge in [0.2, 0.25) is 5.78 Å². The Kier molecular flexibility index (Phi) is 5.57. The topological polar surface area (TPSA) is 38.8 Å². The van der Waals surface area contributed by atoms with Crippen LogP contribution in [0.15, 0.2) is 64.8 Å². The van der Waals surface area contributed by atoms with Crippen molar-refractivity contribution in [3.8, 4) is 11.5 Å².